The lowest BCUT2D eigenvalue weighted by Crippen LogP contribution is -2.47. The molecule has 2 N–H and O–H groups in total. The first-order chi connectivity index (χ1) is 8.61. The average Bonchev–Trinajstić information content (AvgIpc) is 2.41. The smallest absolute Gasteiger partial charge is 0.0771 e. The summed E-state index contributed by atoms with van der Waals surface area (Å²) in [5.74, 6) is 0.794. The van der Waals surface area contributed by atoms with Gasteiger partial charge in [0, 0.05) is 19.7 Å². The lowest BCUT2D eigenvalue weighted by atomic mass is 9.79. The fourth-order valence-electron chi connectivity index (χ4n) is 3.31. The van der Waals surface area contributed by atoms with Crippen molar-refractivity contribution in [2.24, 2.45) is 5.92 Å². The molecule has 0 aromatic heterocycles. The number of rotatable bonds is 4. The molecule has 2 aliphatic carbocycles. The quantitative estimate of drug-likeness (QED) is 0.811. The van der Waals surface area contributed by atoms with Crippen molar-refractivity contribution in [2.75, 3.05) is 13.7 Å². The fourth-order valence-corrected chi connectivity index (χ4v) is 3.31. The number of hydrogen-bond donors (Lipinski definition) is 2. The van der Waals surface area contributed by atoms with Gasteiger partial charge in [0.15, 0.2) is 0 Å². The summed E-state index contributed by atoms with van der Waals surface area (Å²) >= 11 is 0. The molecule has 0 atom stereocenters. The third kappa shape index (κ3) is 3.94. The zero-order chi connectivity index (χ0) is 13.0. The highest BCUT2D eigenvalue weighted by atomic mass is 16.5. The summed E-state index contributed by atoms with van der Waals surface area (Å²) < 4.78 is 5.39. The van der Waals surface area contributed by atoms with Crippen LogP contribution in [0.15, 0.2) is 0 Å². The Morgan fingerprint density at radius 1 is 1.11 bits per heavy atom. The molecule has 3 heteroatoms. The maximum Gasteiger partial charge on any atom is 0.0771 e. The molecule has 0 spiro atoms. The molecule has 2 saturated carbocycles. The van der Waals surface area contributed by atoms with E-state index in [2.05, 4.69) is 12.2 Å². The molecule has 3 nitrogen and oxygen atoms in total. The minimum Gasteiger partial charge on any atom is -0.389 e. The molecule has 0 aromatic carbocycles. The zero-order valence-electron chi connectivity index (χ0n) is 12.0. The van der Waals surface area contributed by atoms with Crippen LogP contribution in [0.25, 0.3) is 0 Å². The first kappa shape index (κ1) is 14.3. The van der Waals surface area contributed by atoms with Crippen molar-refractivity contribution < 1.29 is 9.84 Å². The van der Waals surface area contributed by atoms with Gasteiger partial charge in [-0.2, -0.15) is 0 Å². The molecule has 2 rings (SSSR count). The first-order valence-corrected chi connectivity index (χ1v) is 7.60. The van der Waals surface area contributed by atoms with Gasteiger partial charge in [-0.25, -0.2) is 0 Å². The normalized spacial score (nSPS) is 41.8. The van der Waals surface area contributed by atoms with Gasteiger partial charge in [0.1, 0.15) is 0 Å². The molecule has 0 aromatic rings. The highest BCUT2D eigenvalue weighted by Gasteiger charge is 2.32. The molecular weight excluding hydrogens is 226 g/mol. The van der Waals surface area contributed by atoms with Gasteiger partial charge in [-0.05, 0) is 57.3 Å². The monoisotopic (exact) mass is 255 g/mol. The van der Waals surface area contributed by atoms with Crippen LogP contribution in [0.4, 0.5) is 0 Å². The predicted molar refractivity (Wildman–Crippen MR) is 73.6 cm³/mol. The lowest BCUT2D eigenvalue weighted by Gasteiger charge is -2.37. The topological polar surface area (TPSA) is 41.5 Å². The number of ether oxygens (including phenoxy) is 1. The number of methoxy groups -OCH3 is 1. The van der Waals surface area contributed by atoms with Crippen LogP contribution >= 0.6 is 0 Å². The summed E-state index contributed by atoms with van der Waals surface area (Å²) in [7, 11) is 1.81. The highest BCUT2D eigenvalue weighted by Crippen LogP contribution is 2.31. The van der Waals surface area contributed by atoms with Crippen molar-refractivity contribution in [3.05, 3.63) is 0 Å². The maximum atomic E-state index is 10.5. The Balaban J connectivity index is 1.68. The van der Waals surface area contributed by atoms with Crippen molar-refractivity contribution >= 4 is 0 Å². The molecule has 0 unspecified atom stereocenters. The second-order valence-corrected chi connectivity index (χ2v) is 6.50. The second-order valence-electron chi connectivity index (χ2n) is 6.50. The molecule has 0 aliphatic heterocycles. The summed E-state index contributed by atoms with van der Waals surface area (Å²) in [6.45, 7) is 3.07. The van der Waals surface area contributed by atoms with Gasteiger partial charge in [0.2, 0.25) is 0 Å². The molecule has 0 bridgehead atoms. The Kier molecular flexibility index (Phi) is 5.05. The van der Waals surface area contributed by atoms with Crippen LogP contribution in [0.2, 0.25) is 0 Å². The van der Waals surface area contributed by atoms with Crippen molar-refractivity contribution in [2.45, 2.75) is 76.0 Å². The van der Waals surface area contributed by atoms with Crippen LogP contribution in [0.1, 0.15) is 58.3 Å². The van der Waals surface area contributed by atoms with Crippen LogP contribution in [0.5, 0.6) is 0 Å². The molecule has 0 radical (unpaired) electrons. The van der Waals surface area contributed by atoms with E-state index in [1.807, 2.05) is 7.11 Å². The number of aliphatic hydroxyl groups is 1. The first-order valence-electron chi connectivity index (χ1n) is 7.60. The molecule has 18 heavy (non-hydrogen) atoms. The SMILES string of the molecule is COC1CCC(NCC2(O)CCC(C)CC2)CC1. The van der Waals surface area contributed by atoms with E-state index in [4.69, 9.17) is 4.74 Å². The number of hydrogen-bond acceptors (Lipinski definition) is 3. The molecule has 0 amide bonds. The van der Waals surface area contributed by atoms with Gasteiger partial charge in [0.25, 0.3) is 0 Å². The van der Waals surface area contributed by atoms with E-state index in [1.54, 1.807) is 0 Å². The highest BCUT2D eigenvalue weighted by molar-refractivity contribution is 4.88. The van der Waals surface area contributed by atoms with Crippen molar-refractivity contribution in [1.29, 1.82) is 0 Å². The van der Waals surface area contributed by atoms with Gasteiger partial charge >= 0.3 is 0 Å². The Morgan fingerprint density at radius 2 is 1.72 bits per heavy atom. The summed E-state index contributed by atoms with van der Waals surface area (Å²) in [6, 6.07) is 0.583. The lowest BCUT2D eigenvalue weighted by molar-refractivity contribution is -0.0112. The van der Waals surface area contributed by atoms with E-state index in [-0.39, 0.29) is 0 Å². The third-order valence-electron chi connectivity index (χ3n) is 4.93. The number of nitrogens with one attached hydrogen (secondary N) is 1. The minimum atomic E-state index is -0.440. The van der Waals surface area contributed by atoms with Crippen molar-refractivity contribution in [3.63, 3.8) is 0 Å². The van der Waals surface area contributed by atoms with E-state index in [9.17, 15) is 5.11 Å². The van der Waals surface area contributed by atoms with Gasteiger partial charge < -0.3 is 15.2 Å². The molecular formula is C15H29NO2. The van der Waals surface area contributed by atoms with Crippen molar-refractivity contribution in [1.82, 2.24) is 5.32 Å². The standard InChI is InChI=1S/C15H29NO2/c1-12-7-9-15(17,10-8-12)11-16-13-3-5-14(18-2)6-4-13/h12-14,16-17H,3-11H2,1-2H3. The summed E-state index contributed by atoms with van der Waals surface area (Å²) in [4.78, 5) is 0. The maximum absolute atomic E-state index is 10.5. The van der Waals surface area contributed by atoms with E-state index >= 15 is 0 Å². The van der Waals surface area contributed by atoms with Crippen LogP contribution in [-0.4, -0.2) is 36.5 Å². The summed E-state index contributed by atoms with van der Waals surface area (Å²) in [5.41, 5.74) is -0.440. The Morgan fingerprint density at radius 3 is 2.28 bits per heavy atom. The van der Waals surface area contributed by atoms with E-state index < -0.39 is 5.60 Å². The molecule has 2 aliphatic rings. The van der Waals surface area contributed by atoms with Crippen molar-refractivity contribution in [3.8, 4) is 0 Å². The van der Waals surface area contributed by atoms with Gasteiger partial charge in [-0.15, -0.1) is 0 Å². The van der Waals surface area contributed by atoms with Crippen LogP contribution in [0, 0.1) is 5.92 Å². The largest absolute Gasteiger partial charge is 0.389 e. The average molecular weight is 255 g/mol. The Labute approximate surface area is 111 Å². The molecule has 0 saturated heterocycles. The summed E-state index contributed by atoms with van der Waals surface area (Å²) in [6.07, 6.45) is 9.43. The van der Waals surface area contributed by atoms with Gasteiger partial charge in [-0.1, -0.05) is 6.92 Å². The second kappa shape index (κ2) is 6.36. The van der Waals surface area contributed by atoms with E-state index in [1.165, 1.54) is 25.7 Å². The predicted octanol–water partition coefficient (Wildman–Crippen LogP) is 2.47. The Bertz CT molecular complexity index is 241. The molecule has 2 fully saturated rings. The van der Waals surface area contributed by atoms with E-state index in [0.29, 0.717) is 12.1 Å². The molecule has 0 heterocycles. The minimum absolute atomic E-state index is 0.440. The van der Waals surface area contributed by atoms with Crippen LogP contribution in [-0.2, 0) is 4.74 Å². The van der Waals surface area contributed by atoms with Gasteiger partial charge in [-0.3, -0.25) is 0 Å². The van der Waals surface area contributed by atoms with Gasteiger partial charge in [0.05, 0.1) is 11.7 Å². The molecule has 106 valence electrons. The zero-order valence-corrected chi connectivity index (χ0v) is 12.0. The summed E-state index contributed by atoms with van der Waals surface area (Å²) in [5, 5.41) is 14.1. The third-order valence-corrected chi connectivity index (χ3v) is 4.93. The van der Waals surface area contributed by atoms with E-state index in [0.717, 1.165) is 38.1 Å². The fraction of sp³-hybridized carbons (Fsp3) is 1.00. The van der Waals surface area contributed by atoms with Crippen LogP contribution < -0.4 is 5.32 Å². The van der Waals surface area contributed by atoms with Crippen LogP contribution in [0.3, 0.4) is 0 Å². The Hall–Kier alpha value is -0.120.